The minimum Gasteiger partial charge on any atom is -0.490 e. The van der Waals surface area contributed by atoms with Crippen LogP contribution >= 0.6 is 0 Å². The molecular weight excluding hydrogens is 442 g/mol. The Morgan fingerprint density at radius 1 is 1.06 bits per heavy atom. The molecular formula is C24H37N3O5S. The lowest BCUT2D eigenvalue weighted by molar-refractivity contribution is -0.126. The quantitative estimate of drug-likeness (QED) is 0.675. The van der Waals surface area contributed by atoms with Crippen molar-refractivity contribution in [1.82, 2.24) is 14.5 Å². The number of benzene rings is 1. The molecule has 0 spiro atoms. The van der Waals surface area contributed by atoms with E-state index in [0.717, 1.165) is 19.3 Å². The number of carbonyl (C=O) groups is 1. The van der Waals surface area contributed by atoms with Gasteiger partial charge < -0.3 is 19.7 Å². The summed E-state index contributed by atoms with van der Waals surface area (Å²) in [4.78, 5) is 15.4. The summed E-state index contributed by atoms with van der Waals surface area (Å²) in [6.45, 7) is 2.41. The van der Waals surface area contributed by atoms with Gasteiger partial charge in [-0.1, -0.05) is 19.3 Å². The number of rotatable bonds is 6. The van der Waals surface area contributed by atoms with Crippen molar-refractivity contribution in [3.63, 3.8) is 0 Å². The number of hydrogen-bond donors (Lipinski definition) is 1. The Morgan fingerprint density at radius 2 is 1.73 bits per heavy atom. The van der Waals surface area contributed by atoms with E-state index in [1.54, 1.807) is 18.2 Å². The summed E-state index contributed by atoms with van der Waals surface area (Å²) >= 11 is 0. The average molecular weight is 480 g/mol. The summed E-state index contributed by atoms with van der Waals surface area (Å²) in [5.41, 5.74) is 0.0368. The number of hydrogen-bond acceptors (Lipinski definition) is 6. The van der Waals surface area contributed by atoms with E-state index in [4.69, 9.17) is 9.47 Å². The molecule has 0 unspecified atom stereocenters. The van der Waals surface area contributed by atoms with Crippen molar-refractivity contribution in [3.05, 3.63) is 18.2 Å². The number of amides is 1. The van der Waals surface area contributed by atoms with Gasteiger partial charge in [0.2, 0.25) is 15.9 Å². The van der Waals surface area contributed by atoms with Crippen LogP contribution in [0.5, 0.6) is 11.5 Å². The summed E-state index contributed by atoms with van der Waals surface area (Å²) in [7, 11) is 0.548. The maximum absolute atomic E-state index is 13.2. The molecule has 1 saturated carbocycles. The van der Waals surface area contributed by atoms with Gasteiger partial charge in [-0.05, 0) is 51.9 Å². The van der Waals surface area contributed by atoms with Crippen molar-refractivity contribution < 1.29 is 22.7 Å². The fourth-order valence-corrected chi connectivity index (χ4v) is 6.69. The second kappa shape index (κ2) is 10.2. The first kappa shape index (κ1) is 24.3. The van der Waals surface area contributed by atoms with Crippen LogP contribution in [-0.2, 0) is 14.8 Å². The molecule has 0 aromatic heterocycles. The number of carbonyl (C=O) groups excluding carboxylic acids is 1. The number of nitrogens with zero attached hydrogens (tertiary/aromatic N) is 2. The Labute approximate surface area is 197 Å². The van der Waals surface area contributed by atoms with Crippen LogP contribution in [0.15, 0.2) is 23.1 Å². The van der Waals surface area contributed by atoms with E-state index in [1.165, 1.54) is 23.6 Å². The van der Waals surface area contributed by atoms with E-state index in [1.807, 2.05) is 0 Å². The highest BCUT2D eigenvalue weighted by Crippen LogP contribution is 2.34. The number of likely N-dealkylation sites (N-methyl/N-ethyl adjacent to an activating group) is 1. The fraction of sp³-hybridized carbons (Fsp3) is 0.708. The molecule has 1 amide bonds. The molecule has 2 fully saturated rings. The zero-order chi connectivity index (χ0) is 23.5. The van der Waals surface area contributed by atoms with Gasteiger partial charge in [-0.25, -0.2) is 8.42 Å². The van der Waals surface area contributed by atoms with Crippen molar-refractivity contribution in [2.24, 2.45) is 5.92 Å². The minimum atomic E-state index is -3.65. The Balaban J connectivity index is 1.34. The molecule has 33 heavy (non-hydrogen) atoms. The molecule has 3 aliphatic rings. The predicted molar refractivity (Wildman–Crippen MR) is 126 cm³/mol. The van der Waals surface area contributed by atoms with Crippen molar-refractivity contribution in [2.75, 3.05) is 46.9 Å². The smallest absolute Gasteiger partial charge is 0.243 e. The number of sulfonamides is 1. The molecule has 184 valence electrons. The van der Waals surface area contributed by atoms with E-state index >= 15 is 0 Å². The highest BCUT2D eigenvalue weighted by Gasteiger charge is 2.37. The maximum atomic E-state index is 13.2. The molecule has 0 bridgehead atoms. The van der Waals surface area contributed by atoms with Gasteiger partial charge >= 0.3 is 0 Å². The van der Waals surface area contributed by atoms with Gasteiger partial charge in [-0.15, -0.1) is 0 Å². The Hall–Kier alpha value is -1.84. The number of piperidine rings is 1. The molecule has 0 atom stereocenters. The molecule has 1 aromatic rings. The van der Waals surface area contributed by atoms with E-state index in [9.17, 15) is 13.2 Å². The third kappa shape index (κ3) is 5.30. The van der Waals surface area contributed by atoms with E-state index < -0.39 is 10.0 Å². The van der Waals surface area contributed by atoms with Crippen LogP contribution < -0.4 is 14.8 Å². The predicted octanol–water partition coefficient (Wildman–Crippen LogP) is 2.63. The van der Waals surface area contributed by atoms with E-state index in [2.05, 4.69) is 24.3 Å². The third-order valence-corrected chi connectivity index (χ3v) is 9.40. The Kier molecular flexibility index (Phi) is 7.50. The maximum Gasteiger partial charge on any atom is 0.243 e. The molecule has 0 radical (unpaired) electrons. The van der Waals surface area contributed by atoms with Gasteiger partial charge in [-0.2, -0.15) is 4.31 Å². The van der Waals surface area contributed by atoms with Crippen molar-refractivity contribution in [1.29, 1.82) is 0 Å². The van der Waals surface area contributed by atoms with Crippen LogP contribution in [0.4, 0.5) is 0 Å². The molecule has 8 nitrogen and oxygen atoms in total. The first-order chi connectivity index (χ1) is 15.8. The average Bonchev–Trinajstić information content (AvgIpc) is 3.08. The zero-order valence-corrected chi connectivity index (χ0v) is 20.7. The third-order valence-electron chi connectivity index (χ3n) is 7.51. The van der Waals surface area contributed by atoms with Crippen LogP contribution in [-0.4, -0.2) is 76.0 Å². The van der Waals surface area contributed by atoms with Crippen molar-refractivity contribution in [3.8, 4) is 11.5 Å². The van der Waals surface area contributed by atoms with Gasteiger partial charge in [0.05, 0.1) is 18.1 Å². The van der Waals surface area contributed by atoms with Crippen LogP contribution in [0.3, 0.4) is 0 Å². The summed E-state index contributed by atoms with van der Waals surface area (Å²) in [6, 6.07) is 4.80. The molecule has 1 saturated heterocycles. The molecule has 1 aromatic carbocycles. The van der Waals surface area contributed by atoms with Gasteiger partial charge in [0.25, 0.3) is 0 Å². The molecule has 4 rings (SSSR count). The lowest BCUT2D eigenvalue weighted by Crippen LogP contribution is -2.55. The zero-order valence-electron chi connectivity index (χ0n) is 19.8. The highest BCUT2D eigenvalue weighted by atomic mass is 32.2. The molecule has 1 N–H and O–H groups in total. The fourth-order valence-electron chi connectivity index (χ4n) is 5.20. The van der Waals surface area contributed by atoms with Gasteiger partial charge in [0.1, 0.15) is 0 Å². The Bertz CT molecular complexity index is 935. The summed E-state index contributed by atoms with van der Waals surface area (Å²) in [6.07, 6.45) is 7.70. The number of fused-ring (bicyclic) bond motifs is 1. The highest BCUT2D eigenvalue weighted by molar-refractivity contribution is 7.89. The van der Waals surface area contributed by atoms with Gasteiger partial charge in [0, 0.05) is 43.6 Å². The van der Waals surface area contributed by atoms with Crippen molar-refractivity contribution >= 4 is 15.9 Å². The van der Waals surface area contributed by atoms with Gasteiger partial charge in [-0.3, -0.25) is 4.79 Å². The van der Waals surface area contributed by atoms with Crippen LogP contribution in [0.2, 0.25) is 0 Å². The van der Waals surface area contributed by atoms with Gasteiger partial charge in [0.15, 0.2) is 11.5 Å². The Morgan fingerprint density at radius 3 is 2.39 bits per heavy atom. The topological polar surface area (TPSA) is 88.2 Å². The largest absolute Gasteiger partial charge is 0.490 e. The summed E-state index contributed by atoms with van der Waals surface area (Å²) in [5.74, 6) is 0.952. The first-order valence-electron chi connectivity index (χ1n) is 12.2. The van der Waals surface area contributed by atoms with E-state index in [-0.39, 0.29) is 22.3 Å². The molecule has 2 aliphatic heterocycles. The summed E-state index contributed by atoms with van der Waals surface area (Å²) in [5, 5.41) is 3.19. The lowest BCUT2D eigenvalue weighted by Gasteiger charge is -2.43. The SMILES string of the molecule is CN(C)C1(CNC(=O)C2CCN(S(=O)(=O)c3ccc4c(c3)OCCCO4)CC2)CCCCC1. The molecule has 1 aliphatic carbocycles. The normalized spacial score (nSPS) is 22.0. The second-order valence-corrected chi connectivity index (χ2v) is 11.7. The molecule has 2 heterocycles. The van der Waals surface area contributed by atoms with Crippen molar-refractivity contribution in [2.45, 2.75) is 61.8 Å². The van der Waals surface area contributed by atoms with E-state index in [0.29, 0.717) is 57.2 Å². The minimum absolute atomic E-state index is 0.0368. The van der Waals surface area contributed by atoms with Crippen LogP contribution in [0.25, 0.3) is 0 Å². The second-order valence-electron chi connectivity index (χ2n) is 9.73. The number of nitrogens with one attached hydrogen (secondary N) is 1. The number of ether oxygens (including phenoxy) is 2. The lowest BCUT2D eigenvalue weighted by atomic mass is 9.80. The van der Waals surface area contributed by atoms with Crippen LogP contribution in [0, 0.1) is 5.92 Å². The monoisotopic (exact) mass is 479 g/mol. The first-order valence-corrected chi connectivity index (χ1v) is 13.6. The standard InChI is InChI=1S/C24H37N3O5S/c1-26(2)24(11-4-3-5-12-24)18-25-23(28)19-9-13-27(14-10-19)33(29,30)20-7-8-21-22(17-20)32-16-6-15-31-21/h7-8,17,19H,3-6,9-16,18H2,1-2H3,(H,25,28). The molecule has 9 heteroatoms. The van der Waals surface area contributed by atoms with Crippen LogP contribution in [0.1, 0.15) is 51.4 Å². The summed E-state index contributed by atoms with van der Waals surface area (Å²) < 4.78 is 39.2.